The predicted molar refractivity (Wildman–Crippen MR) is 91.2 cm³/mol. The molecule has 0 spiro atoms. The quantitative estimate of drug-likeness (QED) is 0.583. The van der Waals surface area contributed by atoms with Gasteiger partial charge in [-0.2, -0.15) is 0 Å². The molecular weight excluding hydrogens is 338 g/mol. The molecule has 0 atom stereocenters. The summed E-state index contributed by atoms with van der Waals surface area (Å²) in [5.41, 5.74) is 1.20. The highest BCUT2D eigenvalue weighted by molar-refractivity contribution is 6.22. The first kappa shape index (κ1) is 17.5. The van der Waals surface area contributed by atoms with Gasteiger partial charge in [0.1, 0.15) is 24.7 Å². The molecule has 2 amide bonds. The van der Waals surface area contributed by atoms with Gasteiger partial charge in [0.05, 0.1) is 25.3 Å². The second-order valence-electron chi connectivity index (χ2n) is 5.58. The van der Waals surface area contributed by atoms with Crippen molar-refractivity contribution in [2.24, 2.45) is 0 Å². The normalized spacial score (nSPS) is 12.8. The van der Waals surface area contributed by atoms with Gasteiger partial charge >= 0.3 is 5.97 Å². The van der Waals surface area contributed by atoms with Gasteiger partial charge in [-0.1, -0.05) is 12.1 Å². The number of rotatable bonds is 6. The van der Waals surface area contributed by atoms with Gasteiger partial charge in [0, 0.05) is 5.56 Å². The highest BCUT2D eigenvalue weighted by atomic mass is 16.5. The summed E-state index contributed by atoms with van der Waals surface area (Å²) in [7, 11) is 3.03. The van der Waals surface area contributed by atoms with Crippen molar-refractivity contribution in [3.05, 3.63) is 59.2 Å². The van der Waals surface area contributed by atoms with Gasteiger partial charge in [-0.15, -0.1) is 0 Å². The van der Waals surface area contributed by atoms with Crippen LogP contribution in [0.25, 0.3) is 0 Å². The number of nitrogens with zero attached hydrogens (tertiary/aromatic N) is 1. The number of methoxy groups -OCH3 is 2. The van der Waals surface area contributed by atoms with E-state index in [1.807, 2.05) is 0 Å². The number of hydrogen-bond donors (Lipinski definition) is 0. The van der Waals surface area contributed by atoms with Crippen LogP contribution in [0.15, 0.2) is 42.5 Å². The molecule has 0 aliphatic carbocycles. The maximum absolute atomic E-state index is 12.3. The minimum absolute atomic E-state index is 0.0671. The molecule has 0 saturated heterocycles. The zero-order valence-electron chi connectivity index (χ0n) is 14.4. The molecular formula is C19H17NO6. The SMILES string of the molecule is COc1ccc(OC)c(COC(=O)CN2C(=O)c3ccccc3C2=O)c1. The van der Waals surface area contributed by atoms with Crippen LogP contribution < -0.4 is 9.47 Å². The molecule has 3 rings (SSSR count). The molecule has 1 heterocycles. The Morgan fingerprint density at radius 2 is 1.62 bits per heavy atom. The van der Waals surface area contributed by atoms with Crippen LogP contribution in [0.5, 0.6) is 11.5 Å². The molecule has 2 aromatic rings. The van der Waals surface area contributed by atoms with E-state index in [1.54, 1.807) is 42.5 Å². The molecule has 1 aliphatic rings. The minimum atomic E-state index is -0.690. The highest BCUT2D eigenvalue weighted by Crippen LogP contribution is 2.25. The molecule has 0 aromatic heterocycles. The van der Waals surface area contributed by atoms with E-state index in [0.717, 1.165) is 4.90 Å². The number of imide groups is 1. The lowest BCUT2D eigenvalue weighted by Crippen LogP contribution is -2.35. The third-order valence-electron chi connectivity index (χ3n) is 4.04. The smallest absolute Gasteiger partial charge is 0.326 e. The maximum Gasteiger partial charge on any atom is 0.326 e. The summed E-state index contributed by atoms with van der Waals surface area (Å²) in [4.78, 5) is 37.5. The van der Waals surface area contributed by atoms with Gasteiger partial charge in [0.25, 0.3) is 11.8 Å². The number of carbonyl (C=O) groups is 3. The molecule has 7 heteroatoms. The highest BCUT2D eigenvalue weighted by Gasteiger charge is 2.36. The van der Waals surface area contributed by atoms with Crippen LogP contribution in [0.3, 0.4) is 0 Å². The zero-order valence-corrected chi connectivity index (χ0v) is 14.4. The first-order valence-corrected chi connectivity index (χ1v) is 7.87. The second-order valence-corrected chi connectivity index (χ2v) is 5.58. The van der Waals surface area contributed by atoms with Crippen molar-refractivity contribution < 1.29 is 28.6 Å². The second kappa shape index (κ2) is 7.26. The van der Waals surface area contributed by atoms with Crippen molar-refractivity contribution in [3.8, 4) is 11.5 Å². The van der Waals surface area contributed by atoms with Crippen LogP contribution in [-0.2, 0) is 16.1 Å². The van der Waals surface area contributed by atoms with Crippen molar-refractivity contribution in [2.75, 3.05) is 20.8 Å². The van der Waals surface area contributed by atoms with Gasteiger partial charge < -0.3 is 14.2 Å². The van der Waals surface area contributed by atoms with Crippen LogP contribution in [0.2, 0.25) is 0 Å². The topological polar surface area (TPSA) is 82.1 Å². The molecule has 2 aromatic carbocycles. The number of esters is 1. The van der Waals surface area contributed by atoms with E-state index < -0.39 is 24.3 Å². The Morgan fingerprint density at radius 3 is 2.19 bits per heavy atom. The Morgan fingerprint density at radius 1 is 0.962 bits per heavy atom. The third-order valence-corrected chi connectivity index (χ3v) is 4.04. The van der Waals surface area contributed by atoms with E-state index in [1.165, 1.54) is 14.2 Å². The van der Waals surface area contributed by atoms with E-state index in [2.05, 4.69) is 0 Å². The summed E-state index contributed by atoms with van der Waals surface area (Å²) in [5.74, 6) is -0.552. The van der Waals surface area contributed by atoms with Gasteiger partial charge in [-0.05, 0) is 30.3 Å². The molecule has 0 unspecified atom stereocenters. The fraction of sp³-hybridized carbons (Fsp3) is 0.211. The van der Waals surface area contributed by atoms with E-state index in [0.29, 0.717) is 28.2 Å². The maximum atomic E-state index is 12.3. The van der Waals surface area contributed by atoms with Gasteiger partial charge in [0.2, 0.25) is 0 Å². The van der Waals surface area contributed by atoms with Crippen molar-refractivity contribution in [3.63, 3.8) is 0 Å². The van der Waals surface area contributed by atoms with Crippen molar-refractivity contribution in [1.29, 1.82) is 0 Å². The van der Waals surface area contributed by atoms with Crippen molar-refractivity contribution in [2.45, 2.75) is 6.61 Å². The Hall–Kier alpha value is -3.35. The van der Waals surface area contributed by atoms with Gasteiger partial charge in [-0.3, -0.25) is 19.3 Å². The number of ether oxygens (including phenoxy) is 3. The average Bonchev–Trinajstić information content (AvgIpc) is 2.91. The number of hydrogen-bond acceptors (Lipinski definition) is 6. The molecule has 1 aliphatic heterocycles. The molecule has 26 heavy (non-hydrogen) atoms. The lowest BCUT2D eigenvalue weighted by Gasteiger charge is -2.14. The predicted octanol–water partition coefficient (Wildman–Crippen LogP) is 2.04. The van der Waals surface area contributed by atoms with E-state index >= 15 is 0 Å². The number of carbonyl (C=O) groups excluding carboxylic acids is 3. The summed E-state index contributed by atoms with van der Waals surface area (Å²) < 4.78 is 15.6. The third kappa shape index (κ3) is 3.23. The number of amides is 2. The lowest BCUT2D eigenvalue weighted by atomic mass is 10.1. The summed E-state index contributed by atoms with van der Waals surface area (Å²) in [6.45, 7) is -0.513. The lowest BCUT2D eigenvalue weighted by molar-refractivity contribution is -0.145. The van der Waals surface area contributed by atoms with Crippen molar-refractivity contribution in [1.82, 2.24) is 4.90 Å². The zero-order chi connectivity index (χ0) is 18.7. The molecule has 0 saturated carbocycles. The Kier molecular flexibility index (Phi) is 4.88. The molecule has 0 fully saturated rings. The van der Waals surface area contributed by atoms with Gasteiger partial charge in [-0.25, -0.2) is 0 Å². The molecule has 0 N–H and O–H groups in total. The van der Waals surface area contributed by atoms with Crippen LogP contribution in [-0.4, -0.2) is 43.4 Å². The fourth-order valence-corrected chi connectivity index (χ4v) is 2.71. The van der Waals surface area contributed by atoms with Crippen LogP contribution in [0, 0.1) is 0 Å². The summed E-state index contributed by atoms with van der Waals surface area (Å²) in [5, 5.41) is 0. The van der Waals surface area contributed by atoms with Gasteiger partial charge in [0.15, 0.2) is 0 Å². The summed E-state index contributed by atoms with van der Waals surface area (Å²) in [6, 6.07) is 11.6. The monoisotopic (exact) mass is 355 g/mol. The Balaban J connectivity index is 1.66. The van der Waals surface area contributed by atoms with Crippen molar-refractivity contribution >= 4 is 17.8 Å². The largest absolute Gasteiger partial charge is 0.497 e. The molecule has 134 valence electrons. The molecule has 0 radical (unpaired) electrons. The fourth-order valence-electron chi connectivity index (χ4n) is 2.71. The van der Waals surface area contributed by atoms with E-state index in [9.17, 15) is 14.4 Å². The Labute approximate surface area is 150 Å². The Bertz CT molecular complexity index is 841. The first-order valence-electron chi connectivity index (χ1n) is 7.87. The minimum Gasteiger partial charge on any atom is -0.497 e. The number of fused-ring (bicyclic) bond motifs is 1. The summed E-state index contributed by atoms with van der Waals surface area (Å²) >= 11 is 0. The van der Waals surface area contributed by atoms with E-state index in [4.69, 9.17) is 14.2 Å². The van der Waals surface area contributed by atoms with Crippen LogP contribution in [0.4, 0.5) is 0 Å². The van der Waals surface area contributed by atoms with Crippen LogP contribution in [0.1, 0.15) is 26.3 Å². The summed E-state index contributed by atoms with van der Waals surface area (Å²) in [6.07, 6.45) is 0. The average molecular weight is 355 g/mol. The van der Waals surface area contributed by atoms with Crippen LogP contribution >= 0.6 is 0 Å². The molecule has 0 bridgehead atoms. The standard InChI is InChI=1S/C19H17NO6/c1-24-13-7-8-16(25-2)12(9-13)11-26-17(21)10-20-18(22)14-5-3-4-6-15(14)19(20)23/h3-9H,10-11H2,1-2H3. The first-order chi connectivity index (χ1) is 12.5. The number of benzene rings is 2. The van der Waals surface area contributed by atoms with E-state index in [-0.39, 0.29) is 6.61 Å². The molecule has 7 nitrogen and oxygen atoms in total.